The SMILES string of the molecule is C=C1C(=O)OC2C=C(C)CC(O)C=C(C=O)CC(OC(C)=O)C12. The third-order valence-corrected chi connectivity index (χ3v) is 3.95. The van der Waals surface area contributed by atoms with Gasteiger partial charge in [0, 0.05) is 18.9 Å². The molecular weight excluding hydrogens is 300 g/mol. The molecule has 1 aliphatic heterocycles. The van der Waals surface area contributed by atoms with E-state index in [9.17, 15) is 19.5 Å². The molecule has 1 saturated heterocycles. The molecular formula is C17H20O6. The summed E-state index contributed by atoms with van der Waals surface area (Å²) in [6.45, 7) is 6.80. The lowest BCUT2D eigenvalue weighted by Gasteiger charge is -2.27. The second-order valence-corrected chi connectivity index (χ2v) is 5.92. The van der Waals surface area contributed by atoms with Crippen LogP contribution in [0.3, 0.4) is 0 Å². The number of hydrogen-bond acceptors (Lipinski definition) is 6. The van der Waals surface area contributed by atoms with Crippen molar-refractivity contribution < 1.29 is 29.0 Å². The molecule has 0 aromatic rings. The molecule has 0 amide bonds. The number of carbonyl (C=O) groups excluding carboxylic acids is 3. The largest absolute Gasteiger partial charge is 0.461 e. The molecule has 1 heterocycles. The molecule has 0 aromatic carbocycles. The Morgan fingerprint density at radius 3 is 2.74 bits per heavy atom. The molecule has 0 spiro atoms. The molecule has 1 aliphatic carbocycles. The van der Waals surface area contributed by atoms with E-state index >= 15 is 0 Å². The van der Waals surface area contributed by atoms with E-state index in [4.69, 9.17) is 9.47 Å². The minimum absolute atomic E-state index is 0.0872. The number of aldehydes is 1. The first-order chi connectivity index (χ1) is 10.8. The predicted molar refractivity (Wildman–Crippen MR) is 81.2 cm³/mol. The maximum atomic E-state index is 11.9. The maximum absolute atomic E-state index is 11.9. The van der Waals surface area contributed by atoms with Crippen LogP contribution in [0.1, 0.15) is 26.7 Å². The highest BCUT2D eigenvalue weighted by molar-refractivity contribution is 5.91. The van der Waals surface area contributed by atoms with Crippen molar-refractivity contribution in [2.75, 3.05) is 0 Å². The summed E-state index contributed by atoms with van der Waals surface area (Å²) in [4.78, 5) is 34.5. The topological polar surface area (TPSA) is 89.9 Å². The summed E-state index contributed by atoms with van der Waals surface area (Å²) in [5.41, 5.74) is 1.33. The first-order valence-corrected chi connectivity index (χ1v) is 7.40. The van der Waals surface area contributed by atoms with Gasteiger partial charge in [0.1, 0.15) is 18.5 Å². The van der Waals surface area contributed by atoms with Gasteiger partial charge in [0.15, 0.2) is 0 Å². The summed E-state index contributed by atoms with van der Waals surface area (Å²) in [7, 11) is 0. The second kappa shape index (κ2) is 6.91. The van der Waals surface area contributed by atoms with Crippen LogP contribution in [0.4, 0.5) is 0 Å². The molecule has 2 rings (SSSR count). The number of aliphatic hydroxyl groups excluding tert-OH is 1. The van der Waals surface area contributed by atoms with E-state index in [2.05, 4.69) is 6.58 Å². The number of fused-ring (bicyclic) bond motifs is 1. The minimum Gasteiger partial charge on any atom is -0.461 e. The quantitative estimate of drug-likeness (QED) is 0.356. The van der Waals surface area contributed by atoms with Gasteiger partial charge < -0.3 is 14.6 Å². The average molecular weight is 320 g/mol. The van der Waals surface area contributed by atoms with E-state index in [1.807, 2.05) is 0 Å². The lowest BCUT2D eigenvalue weighted by atomic mass is 9.85. The minimum atomic E-state index is -0.832. The third-order valence-electron chi connectivity index (χ3n) is 3.95. The Morgan fingerprint density at radius 2 is 2.13 bits per heavy atom. The normalized spacial score (nSPS) is 31.4. The van der Waals surface area contributed by atoms with Gasteiger partial charge in [0.25, 0.3) is 0 Å². The lowest BCUT2D eigenvalue weighted by Crippen LogP contribution is -2.33. The molecule has 0 saturated carbocycles. The summed E-state index contributed by atoms with van der Waals surface area (Å²) in [6, 6.07) is 0. The zero-order valence-corrected chi connectivity index (χ0v) is 13.2. The lowest BCUT2D eigenvalue weighted by molar-refractivity contribution is -0.149. The standard InChI is InChI=1S/C17H20O6/c1-9-4-13(20)6-12(8-18)7-15(22-11(3)19)16-10(2)17(21)23-14(16)5-9/h5-6,8,13-16,20H,2,4,7H2,1,3H3. The highest BCUT2D eigenvalue weighted by Crippen LogP contribution is 2.36. The predicted octanol–water partition coefficient (Wildman–Crippen LogP) is 1.24. The van der Waals surface area contributed by atoms with E-state index in [1.165, 1.54) is 13.0 Å². The Morgan fingerprint density at radius 1 is 1.43 bits per heavy atom. The molecule has 23 heavy (non-hydrogen) atoms. The number of hydrogen-bond donors (Lipinski definition) is 1. The fourth-order valence-corrected chi connectivity index (χ4v) is 3.01. The van der Waals surface area contributed by atoms with Crippen LogP contribution >= 0.6 is 0 Å². The molecule has 0 aromatic heterocycles. The van der Waals surface area contributed by atoms with Crippen LogP contribution in [0.2, 0.25) is 0 Å². The average Bonchev–Trinajstić information content (AvgIpc) is 2.70. The van der Waals surface area contributed by atoms with Crippen LogP contribution < -0.4 is 0 Å². The van der Waals surface area contributed by atoms with E-state index in [1.54, 1.807) is 13.0 Å². The second-order valence-electron chi connectivity index (χ2n) is 5.92. The molecule has 2 aliphatic rings. The number of ether oxygens (including phenoxy) is 2. The van der Waals surface area contributed by atoms with Crippen molar-refractivity contribution in [3.63, 3.8) is 0 Å². The van der Waals surface area contributed by atoms with Crippen LogP contribution in [0.5, 0.6) is 0 Å². The van der Waals surface area contributed by atoms with Gasteiger partial charge >= 0.3 is 11.9 Å². The number of carbonyl (C=O) groups is 3. The molecule has 1 N–H and O–H groups in total. The monoisotopic (exact) mass is 320 g/mol. The molecule has 0 bridgehead atoms. The van der Waals surface area contributed by atoms with Gasteiger partial charge in [-0.15, -0.1) is 0 Å². The Kier molecular flexibility index (Phi) is 5.15. The molecule has 124 valence electrons. The molecule has 0 radical (unpaired) electrons. The van der Waals surface area contributed by atoms with E-state index in [0.717, 1.165) is 5.57 Å². The van der Waals surface area contributed by atoms with Gasteiger partial charge in [0.05, 0.1) is 12.0 Å². The fourth-order valence-electron chi connectivity index (χ4n) is 3.01. The van der Waals surface area contributed by atoms with Gasteiger partial charge in [-0.2, -0.15) is 0 Å². The van der Waals surface area contributed by atoms with E-state index in [-0.39, 0.29) is 12.0 Å². The number of esters is 2. The van der Waals surface area contributed by atoms with Crippen molar-refractivity contribution in [3.8, 4) is 0 Å². The Labute approximate surface area is 134 Å². The molecule has 4 atom stereocenters. The van der Waals surface area contributed by atoms with Gasteiger partial charge in [-0.3, -0.25) is 9.59 Å². The molecule has 4 unspecified atom stereocenters. The van der Waals surface area contributed by atoms with E-state index < -0.39 is 36.2 Å². The summed E-state index contributed by atoms with van der Waals surface area (Å²) in [5.74, 6) is -1.62. The van der Waals surface area contributed by atoms with Crippen LogP contribution in [0.15, 0.2) is 35.5 Å². The van der Waals surface area contributed by atoms with E-state index in [0.29, 0.717) is 18.3 Å². The van der Waals surface area contributed by atoms with Crippen molar-refractivity contribution in [1.82, 2.24) is 0 Å². The smallest absolute Gasteiger partial charge is 0.334 e. The summed E-state index contributed by atoms with van der Waals surface area (Å²) >= 11 is 0. The van der Waals surface area contributed by atoms with Crippen LogP contribution in [-0.2, 0) is 23.9 Å². The number of rotatable bonds is 2. The Balaban J connectivity index is 2.46. The van der Waals surface area contributed by atoms with Gasteiger partial charge in [-0.05, 0) is 31.1 Å². The van der Waals surface area contributed by atoms with Crippen molar-refractivity contribution in [2.45, 2.75) is 45.0 Å². The molecule has 6 nitrogen and oxygen atoms in total. The maximum Gasteiger partial charge on any atom is 0.334 e. The Hall–Kier alpha value is -2.21. The van der Waals surface area contributed by atoms with Crippen molar-refractivity contribution in [3.05, 3.63) is 35.5 Å². The molecule has 1 fully saturated rings. The fraction of sp³-hybridized carbons (Fsp3) is 0.471. The summed E-state index contributed by atoms with van der Waals surface area (Å²) < 4.78 is 10.6. The first-order valence-electron chi connectivity index (χ1n) is 7.40. The first kappa shape index (κ1) is 17.1. The highest BCUT2D eigenvalue weighted by Gasteiger charge is 2.44. The van der Waals surface area contributed by atoms with Crippen molar-refractivity contribution in [2.24, 2.45) is 5.92 Å². The zero-order chi connectivity index (χ0) is 17.1. The van der Waals surface area contributed by atoms with Gasteiger partial charge in [-0.25, -0.2) is 4.79 Å². The zero-order valence-electron chi connectivity index (χ0n) is 13.2. The summed E-state index contributed by atoms with van der Waals surface area (Å²) in [6.07, 6.45) is 1.99. The molecule has 6 heteroatoms. The van der Waals surface area contributed by atoms with Crippen LogP contribution in [-0.4, -0.2) is 41.6 Å². The van der Waals surface area contributed by atoms with Gasteiger partial charge in [-0.1, -0.05) is 12.2 Å². The van der Waals surface area contributed by atoms with Crippen LogP contribution in [0.25, 0.3) is 0 Å². The van der Waals surface area contributed by atoms with Crippen molar-refractivity contribution >= 4 is 18.2 Å². The van der Waals surface area contributed by atoms with Crippen molar-refractivity contribution in [1.29, 1.82) is 0 Å². The highest BCUT2D eigenvalue weighted by atomic mass is 16.6. The Bertz CT molecular complexity index is 600. The summed E-state index contributed by atoms with van der Waals surface area (Å²) in [5, 5.41) is 10.0. The van der Waals surface area contributed by atoms with Crippen LogP contribution in [0, 0.1) is 5.92 Å². The third kappa shape index (κ3) is 3.96. The number of aliphatic hydroxyl groups is 1. The van der Waals surface area contributed by atoms with Gasteiger partial charge in [0.2, 0.25) is 0 Å².